The van der Waals surface area contributed by atoms with E-state index in [0.717, 1.165) is 25.7 Å². The third-order valence-corrected chi connectivity index (χ3v) is 2.49. The van der Waals surface area contributed by atoms with Crippen molar-refractivity contribution in [3.63, 3.8) is 0 Å². The molecule has 1 fully saturated rings. The Kier molecular flexibility index (Phi) is 4.69. The predicted octanol–water partition coefficient (Wildman–Crippen LogP) is 1.45. The van der Waals surface area contributed by atoms with Gasteiger partial charge in [0.05, 0.1) is 20.3 Å². The van der Waals surface area contributed by atoms with Crippen LogP contribution in [0.3, 0.4) is 0 Å². The number of amides is 2. The van der Waals surface area contributed by atoms with E-state index < -0.39 is 0 Å². The number of hydroxylamine groups is 3. The fourth-order valence-corrected chi connectivity index (χ4v) is 1.85. The maximum atomic E-state index is 11.4. The summed E-state index contributed by atoms with van der Waals surface area (Å²) in [6, 6.07) is -0.147. The summed E-state index contributed by atoms with van der Waals surface area (Å²) in [6.45, 7) is 0. The molecule has 1 saturated carbocycles. The first-order chi connectivity index (χ1) is 6.79. The summed E-state index contributed by atoms with van der Waals surface area (Å²) in [5.74, 6) is 0. The van der Waals surface area contributed by atoms with E-state index in [0.29, 0.717) is 0 Å². The first-order valence-corrected chi connectivity index (χ1v) is 4.96. The van der Waals surface area contributed by atoms with Gasteiger partial charge in [0.1, 0.15) is 0 Å². The average Bonchev–Trinajstić information content (AvgIpc) is 2.21. The highest BCUT2D eigenvalue weighted by molar-refractivity contribution is 5.72. The molecule has 1 aliphatic carbocycles. The summed E-state index contributed by atoms with van der Waals surface area (Å²) in [6.07, 6.45) is 5.57. The van der Waals surface area contributed by atoms with Crippen molar-refractivity contribution in [1.29, 1.82) is 0 Å². The van der Waals surface area contributed by atoms with E-state index >= 15 is 0 Å². The van der Waals surface area contributed by atoms with Crippen molar-refractivity contribution in [1.82, 2.24) is 10.5 Å². The molecular formula is C9H18N2O3. The molecule has 1 N–H and O–H groups in total. The molecule has 0 heterocycles. The molecule has 0 atom stereocenters. The molecular weight excluding hydrogens is 184 g/mol. The zero-order chi connectivity index (χ0) is 10.4. The Bertz CT molecular complexity index is 181. The fraction of sp³-hybridized carbons (Fsp3) is 0.889. The summed E-state index contributed by atoms with van der Waals surface area (Å²) in [5.41, 5.74) is 2.26. The summed E-state index contributed by atoms with van der Waals surface area (Å²) < 4.78 is 0. The van der Waals surface area contributed by atoms with Crippen LogP contribution in [0.4, 0.5) is 4.79 Å². The lowest BCUT2D eigenvalue weighted by molar-refractivity contribution is -0.132. The van der Waals surface area contributed by atoms with E-state index in [1.807, 2.05) is 0 Å². The lowest BCUT2D eigenvalue weighted by atomic mass is 9.95. The van der Waals surface area contributed by atoms with Crippen LogP contribution in [0.2, 0.25) is 0 Å². The maximum absolute atomic E-state index is 11.4. The van der Waals surface area contributed by atoms with Gasteiger partial charge in [-0.3, -0.25) is 9.68 Å². The molecule has 0 bridgehead atoms. The SMILES string of the molecule is CONC(=O)N(OC)C1CCCCC1. The lowest BCUT2D eigenvalue weighted by Crippen LogP contribution is -2.45. The Morgan fingerprint density at radius 2 is 1.93 bits per heavy atom. The van der Waals surface area contributed by atoms with Crippen molar-refractivity contribution in [2.75, 3.05) is 14.2 Å². The number of urea groups is 1. The minimum absolute atomic E-state index is 0.184. The quantitative estimate of drug-likeness (QED) is 0.705. The molecule has 0 unspecified atom stereocenters. The standard InChI is InChI=1S/C9H18N2O3/c1-13-10-9(12)11(14-2)8-6-4-3-5-7-8/h8H,3-7H2,1-2H3,(H,10,12). The normalized spacial score (nSPS) is 17.9. The largest absolute Gasteiger partial charge is 0.365 e. The Morgan fingerprint density at radius 1 is 1.29 bits per heavy atom. The highest BCUT2D eigenvalue weighted by atomic mass is 16.7. The molecule has 0 aliphatic heterocycles. The van der Waals surface area contributed by atoms with Gasteiger partial charge in [0.25, 0.3) is 0 Å². The van der Waals surface area contributed by atoms with E-state index in [4.69, 9.17) is 4.84 Å². The van der Waals surface area contributed by atoms with Crippen LogP contribution in [0.1, 0.15) is 32.1 Å². The van der Waals surface area contributed by atoms with E-state index in [9.17, 15) is 4.79 Å². The summed E-state index contributed by atoms with van der Waals surface area (Å²) in [4.78, 5) is 21.0. The molecule has 14 heavy (non-hydrogen) atoms. The monoisotopic (exact) mass is 202 g/mol. The van der Waals surface area contributed by atoms with Crippen LogP contribution in [0.5, 0.6) is 0 Å². The van der Waals surface area contributed by atoms with Crippen molar-refractivity contribution in [2.24, 2.45) is 0 Å². The number of nitrogens with zero attached hydrogens (tertiary/aromatic N) is 1. The molecule has 0 aromatic rings. The minimum atomic E-state index is -0.332. The van der Waals surface area contributed by atoms with Crippen LogP contribution in [-0.4, -0.2) is 31.4 Å². The Morgan fingerprint density at radius 3 is 2.43 bits per heavy atom. The zero-order valence-electron chi connectivity index (χ0n) is 8.78. The van der Waals surface area contributed by atoms with Gasteiger partial charge in [0, 0.05) is 0 Å². The number of rotatable bonds is 3. The number of hydrogen-bond donors (Lipinski definition) is 1. The van der Waals surface area contributed by atoms with Gasteiger partial charge in [-0.1, -0.05) is 19.3 Å². The number of carbonyl (C=O) groups excluding carboxylic acids is 1. The molecule has 1 aliphatic rings. The summed E-state index contributed by atoms with van der Waals surface area (Å²) >= 11 is 0. The van der Waals surface area contributed by atoms with Crippen LogP contribution in [-0.2, 0) is 9.68 Å². The maximum Gasteiger partial charge on any atom is 0.365 e. The first kappa shape index (κ1) is 11.3. The Labute approximate surface area is 84.3 Å². The molecule has 0 aromatic heterocycles. The predicted molar refractivity (Wildman–Crippen MR) is 51.3 cm³/mol. The van der Waals surface area contributed by atoms with Gasteiger partial charge < -0.3 is 0 Å². The number of hydrogen-bond acceptors (Lipinski definition) is 3. The van der Waals surface area contributed by atoms with Crippen LogP contribution in [0.25, 0.3) is 0 Å². The number of carbonyl (C=O) groups is 1. The topological polar surface area (TPSA) is 50.8 Å². The zero-order valence-corrected chi connectivity index (χ0v) is 8.78. The summed E-state index contributed by atoms with van der Waals surface area (Å²) in [5, 5.41) is 1.36. The third kappa shape index (κ3) is 2.85. The van der Waals surface area contributed by atoms with Crippen LogP contribution in [0.15, 0.2) is 0 Å². The van der Waals surface area contributed by atoms with E-state index in [2.05, 4.69) is 10.3 Å². The molecule has 0 saturated heterocycles. The summed E-state index contributed by atoms with van der Waals surface area (Å²) in [7, 11) is 2.91. The highest BCUT2D eigenvalue weighted by Gasteiger charge is 2.25. The van der Waals surface area contributed by atoms with Crippen LogP contribution >= 0.6 is 0 Å². The van der Waals surface area contributed by atoms with Crippen molar-refractivity contribution < 1.29 is 14.5 Å². The van der Waals surface area contributed by atoms with Gasteiger partial charge in [-0.2, -0.15) is 5.06 Å². The second-order valence-corrected chi connectivity index (χ2v) is 3.41. The minimum Gasteiger partial charge on any atom is -0.275 e. The second-order valence-electron chi connectivity index (χ2n) is 3.41. The molecule has 82 valence electrons. The van der Waals surface area contributed by atoms with Gasteiger partial charge in [0.15, 0.2) is 0 Å². The highest BCUT2D eigenvalue weighted by Crippen LogP contribution is 2.22. The molecule has 0 aromatic carbocycles. The molecule has 0 radical (unpaired) electrons. The molecule has 5 heteroatoms. The second kappa shape index (κ2) is 5.82. The first-order valence-electron chi connectivity index (χ1n) is 4.96. The lowest BCUT2D eigenvalue weighted by Gasteiger charge is -2.31. The van der Waals surface area contributed by atoms with Crippen molar-refractivity contribution in [3.8, 4) is 0 Å². The van der Waals surface area contributed by atoms with Gasteiger partial charge in [-0.05, 0) is 12.8 Å². The van der Waals surface area contributed by atoms with Crippen molar-refractivity contribution in [3.05, 3.63) is 0 Å². The molecule has 1 rings (SSSR count). The van der Waals surface area contributed by atoms with E-state index in [1.165, 1.54) is 25.7 Å². The Balaban J connectivity index is 2.46. The fourth-order valence-electron chi connectivity index (χ4n) is 1.85. The Hall–Kier alpha value is -0.810. The number of nitrogens with one attached hydrogen (secondary N) is 1. The van der Waals surface area contributed by atoms with E-state index in [1.54, 1.807) is 0 Å². The van der Waals surface area contributed by atoms with Gasteiger partial charge in [-0.25, -0.2) is 10.3 Å². The molecule has 2 amide bonds. The smallest absolute Gasteiger partial charge is 0.275 e. The van der Waals surface area contributed by atoms with Crippen LogP contribution < -0.4 is 5.48 Å². The average molecular weight is 202 g/mol. The van der Waals surface area contributed by atoms with Crippen molar-refractivity contribution >= 4 is 6.03 Å². The van der Waals surface area contributed by atoms with E-state index in [-0.39, 0.29) is 12.1 Å². The third-order valence-electron chi connectivity index (χ3n) is 2.49. The van der Waals surface area contributed by atoms with Crippen molar-refractivity contribution in [2.45, 2.75) is 38.1 Å². The van der Waals surface area contributed by atoms with Gasteiger partial charge >= 0.3 is 6.03 Å². The van der Waals surface area contributed by atoms with Gasteiger partial charge in [0.2, 0.25) is 0 Å². The molecule has 5 nitrogen and oxygen atoms in total. The van der Waals surface area contributed by atoms with Gasteiger partial charge in [-0.15, -0.1) is 0 Å². The molecule has 0 spiro atoms. The van der Waals surface area contributed by atoms with Crippen LogP contribution in [0, 0.1) is 0 Å².